The van der Waals surface area contributed by atoms with E-state index in [1.807, 2.05) is 0 Å². The molecule has 1 fully saturated rings. The third-order valence-corrected chi connectivity index (χ3v) is 3.98. The second kappa shape index (κ2) is 5.84. The quantitative estimate of drug-likeness (QED) is 0.873. The number of hydrogen-bond acceptors (Lipinski definition) is 2. The molecule has 1 saturated carbocycles. The van der Waals surface area contributed by atoms with E-state index in [0.717, 1.165) is 16.9 Å². The standard InChI is InChI=1S/C16H25BrN2/c1-16(2,3)18-10-13-9-14(17)7-8-15(13)19(4)11-12-5-6-12/h7-9,12,18H,5-6,10-11H2,1-4H3. The van der Waals surface area contributed by atoms with Crippen LogP contribution in [0.15, 0.2) is 22.7 Å². The fourth-order valence-electron chi connectivity index (χ4n) is 2.21. The molecule has 19 heavy (non-hydrogen) atoms. The van der Waals surface area contributed by atoms with E-state index in [9.17, 15) is 0 Å². The molecule has 1 aliphatic rings. The number of anilines is 1. The Kier molecular flexibility index (Phi) is 4.57. The molecule has 1 aliphatic carbocycles. The molecule has 0 heterocycles. The first-order valence-electron chi connectivity index (χ1n) is 7.10. The minimum Gasteiger partial charge on any atom is -0.374 e. The Bertz CT molecular complexity index is 433. The maximum atomic E-state index is 3.58. The minimum absolute atomic E-state index is 0.147. The topological polar surface area (TPSA) is 15.3 Å². The molecule has 0 aliphatic heterocycles. The predicted molar refractivity (Wildman–Crippen MR) is 86.7 cm³/mol. The van der Waals surface area contributed by atoms with Gasteiger partial charge < -0.3 is 10.2 Å². The van der Waals surface area contributed by atoms with Gasteiger partial charge in [-0.1, -0.05) is 15.9 Å². The molecule has 0 atom stereocenters. The predicted octanol–water partition coefficient (Wildman–Crippen LogP) is 4.18. The molecular formula is C16H25BrN2. The van der Waals surface area contributed by atoms with Gasteiger partial charge >= 0.3 is 0 Å². The van der Waals surface area contributed by atoms with Gasteiger partial charge in [0.15, 0.2) is 0 Å². The molecule has 2 rings (SSSR count). The lowest BCUT2D eigenvalue weighted by Crippen LogP contribution is -2.35. The molecule has 0 bridgehead atoms. The molecule has 2 nitrogen and oxygen atoms in total. The van der Waals surface area contributed by atoms with Crippen molar-refractivity contribution in [1.29, 1.82) is 0 Å². The molecule has 0 amide bonds. The summed E-state index contributed by atoms with van der Waals surface area (Å²) in [6.45, 7) is 8.72. The number of nitrogens with one attached hydrogen (secondary N) is 1. The maximum Gasteiger partial charge on any atom is 0.0410 e. The first-order valence-corrected chi connectivity index (χ1v) is 7.89. The van der Waals surface area contributed by atoms with Crippen molar-refractivity contribution in [2.45, 2.75) is 45.7 Å². The lowest BCUT2D eigenvalue weighted by atomic mass is 10.1. The average molecular weight is 325 g/mol. The highest BCUT2D eigenvalue weighted by Crippen LogP contribution is 2.32. The molecule has 0 unspecified atom stereocenters. The van der Waals surface area contributed by atoms with Crippen molar-refractivity contribution in [2.75, 3.05) is 18.5 Å². The van der Waals surface area contributed by atoms with Gasteiger partial charge in [0.1, 0.15) is 0 Å². The monoisotopic (exact) mass is 324 g/mol. The summed E-state index contributed by atoms with van der Waals surface area (Å²) < 4.78 is 1.15. The normalized spacial score (nSPS) is 15.6. The van der Waals surface area contributed by atoms with Crippen molar-refractivity contribution >= 4 is 21.6 Å². The Morgan fingerprint density at radius 1 is 1.32 bits per heavy atom. The molecule has 106 valence electrons. The van der Waals surface area contributed by atoms with Crippen LogP contribution in [0.2, 0.25) is 0 Å². The highest BCUT2D eigenvalue weighted by molar-refractivity contribution is 9.10. The molecule has 0 radical (unpaired) electrons. The van der Waals surface area contributed by atoms with Crippen molar-refractivity contribution in [1.82, 2.24) is 5.32 Å². The van der Waals surface area contributed by atoms with E-state index >= 15 is 0 Å². The maximum absolute atomic E-state index is 3.58. The van der Waals surface area contributed by atoms with Crippen molar-refractivity contribution < 1.29 is 0 Å². The third-order valence-electron chi connectivity index (χ3n) is 3.49. The van der Waals surface area contributed by atoms with Gasteiger partial charge in [0.2, 0.25) is 0 Å². The van der Waals surface area contributed by atoms with Crippen LogP contribution in [-0.2, 0) is 6.54 Å². The summed E-state index contributed by atoms with van der Waals surface area (Å²) in [5.74, 6) is 0.914. The van der Waals surface area contributed by atoms with Gasteiger partial charge in [-0.3, -0.25) is 0 Å². The molecule has 3 heteroatoms. The summed E-state index contributed by atoms with van der Waals surface area (Å²) in [7, 11) is 2.21. The number of hydrogen-bond donors (Lipinski definition) is 1. The van der Waals surface area contributed by atoms with Gasteiger partial charge in [-0.2, -0.15) is 0 Å². The lowest BCUT2D eigenvalue weighted by molar-refractivity contribution is 0.424. The van der Waals surface area contributed by atoms with E-state index in [-0.39, 0.29) is 5.54 Å². The van der Waals surface area contributed by atoms with E-state index < -0.39 is 0 Å². The summed E-state index contributed by atoms with van der Waals surface area (Å²) in [5.41, 5.74) is 2.87. The van der Waals surface area contributed by atoms with E-state index in [0.29, 0.717) is 0 Å². The summed E-state index contributed by atoms with van der Waals surface area (Å²) >= 11 is 3.58. The molecule has 1 aromatic rings. The van der Waals surface area contributed by atoms with Gasteiger partial charge in [0.05, 0.1) is 0 Å². The molecule has 1 N–H and O–H groups in total. The summed E-state index contributed by atoms with van der Waals surface area (Å²) in [4.78, 5) is 2.41. The molecule has 1 aromatic carbocycles. The fourth-order valence-corrected chi connectivity index (χ4v) is 2.62. The number of nitrogens with zero attached hydrogens (tertiary/aromatic N) is 1. The van der Waals surface area contributed by atoms with Crippen LogP contribution in [0, 0.1) is 5.92 Å². The van der Waals surface area contributed by atoms with Gasteiger partial charge in [0, 0.05) is 35.8 Å². The van der Waals surface area contributed by atoms with Crippen molar-refractivity contribution in [3.05, 3.63) is 28.2 Å². The Hall–Kier alpha value is -0.540. The smallest absolute Gasteiger partial charge is 0.0410 e. The van der Waals surface area contributed by atoms with Crippen LogP contribution in [-0.4, -0.2) is 19.1 Å². The van der Waals surface area contributed by atoms with Gasteiger partial charge in [-0.25, -0.2) is 0 Å². The van der Waals surface area contributed by atoms with Crippen LogP contribution in [0.4, 0.5) is 5.69 Å². The first-order chi connectivity index (χ1) is 8.85. The third kappa shape index (κ3) is 4.81. The largest absolute Gasteiger partial charge is 0.374 e. The zero-order valence-electron chi connectivity index (χ0n) is 12.5. The second-order valence-corrected chi connectivity index (χ2v) is 7.62. The zero-order valence-corrected chi connectivity index (χ0v) is 14.0. The van der Waals surface area contributed by atoms with E-state index in [1.54, 1.807) is 0 Å². The number of benzene rings is 1. The number of halogens is 1. The van der Waals surface area contributed by atoms with Gasteiger partial charge in [0.25, 0.3) is 0 Å². The van der Waals surface area contributed by atoms with Crippen molar-refractivity contribution in [3.8, 4) is 0 Å². The van der Waals surface area contributed by atoms with E-state index in [1.165, 1.54) is 30.6 Å². The highest BCUT2D eigenvalue weighted by Gasteiger charge is 2.24. The van der Waals surface area contributed by atoms with Crippen LogP contribution < -0.4 is 10.2 Å². The van der Waals surface area contributed by atoms with Crippen LogP contribution in [0.3, 0.4) is 0 Å². The number of rotatable bonds is 5. The molecular weight excluding hydrogens is 300 g/mol. The Morgan fingerprint density at radius 2 is 2.00 bits per heavy atom. The average Bonchev–Trinajstić information content (AvgIpc) is 3.09. The lowest BCUT2D eigenvalue weighted by Gasteiger charge is -2.26. The Morgan fingerprint density at radius 3 is 2.58 bits per heavy atom. The van der Waals surface area contributed by atoms with Gasteiger partial charge in [-0.05, 0) is 63.3 Å². The molecule has 0 aromatic heterocycles. The zero-order chi connectivity index (χ0) is 14.0. The molecule has 0 spiro atoms. The highest BCUT2D eigenvalue weighted by atomic mass is 79.9. The van der Waals surface area contributed by atoms with Crippen LogP contribution in [0.1, 0.15) is 39.2 Å². The van der Waals surface area contributed by atoms with Crippen molar-refractivity contribution in [2.24, 2.45) is 5.92 Å². The second-order valence-electron chi connectivity index (χ2n) is 6.70. The van der Waals surface area contributed by atoms with Crippen LogP contribution in [0.25, 0.3) is 0 Å². The van der Waals surface area contributed by atoms with Crippen LogP contribution >= 0.6 is 15.9 Å². The van der Waals surface area contributed by atoms with Crippen molar-refractivity contribution in [3.63, 3.8) is 0 Å². The first kappa shape index (κ1) is 14.9. The Balaban J connectivity index is 2.11. The van der Waals surface area contributed by atoms with Crippen LogP contribution in [0.5, 0.6) is 0 Å². The van der Waals surface area contributed by atoms with E-state index in [4.69, 9.17) is 0 Å². The fraction of sp³-hybridized carbons (Fsp3) is 0.625. The SMILES string of the molecule is CN(CC1CC1)c1ccc(Br)cc1CNC(C)(C)C. The van der Waals surface area contributed by atoms with Gasteiger partial charge in [-0.15, -0.1) is 0 Å². The minimum atomic E-state index is 0.147. The summed E-state index contributed by atoms with van der Waals surface area (Å²) in [5, 5.41) is 3.58. The summed E-state index contributed by atoms with van der Waals surface area (Å²) in [6, 6.07) is 6.60. The summed E-state index contributed by atoms with van der Waals surface area (Å²) in [6.07, 6.45) is 2.80. The van der Waals surface area contributed by atoms with E-state index in [2.05, 4.69) is 72.2 Å². The molecule has 0 saturated heterocycles. The Labute approximate surface area is 125 Å².